The largest absolute Gasteiger partial charge is 0.507 e. The molecule has 0 aliphatic rings. The minimum atomic E-state index is -0.324. The van der Waals surface area contributed by atoms with Gasteiger partial charge in [0.15, 0.2) is 0 Å². The van der Waals surface area contributed by atoms with Gasteiger partial charge in [0.2, 0.25) is 0 Å². The van der Waals surface area contributed by atoms with E-state index in [4.69, 9.17) is 11.6 Å². The monoisotopic (exact) mass is 366 g/mol. The molecule has 2 rings (SSSR count). The second-order valence-electron chi connectivity index (χ2n) is 4.31. The van der Waals surface area contributed by atoms with Crippen LogP contribution in [0.15, 0.2) is 52.0 Å². The van der Waals surface area contributed by atoms with E-state index in [-0.39, 0.29) is 11.7 Å². The van der Waals surface area contributed by atoms with Gasteiger partial charge in [-0.1, -0.05) is 27.5 Å². The number of benzene rings is 2. The maximum atomic E-state index is 11.9. The molecule has 2 N–H and O–H groups in total. The van der Waals surface area contributed by atoms with Crippen molar-refractivity contribution in [1.29, 1.82) is 0 Å². The zero-order chi connectivity index (χ0) is 15.4. The van der Waals surface area contributed by atoms with E-state index in [0.717, 1.165) is 4.47 Å². The van der Waals surface area contributed by atoms with Gasteiger partial charge in [0.25, 0.3) is 5.91 Å². The molecule has 0 aromatic heterocycles. The van der Waals surface area contributed by atoms with Crippen LogP contribution in [0, 0.1) is 0 Å². The van der Waals surface area contributed by atoms with Gasteiger partial charge in [-0.25, -0.2) is 5.43 Å². The fourth-order valence-corrected chi connectivity index (χ4v) is 2.10. The Morgan fingerprint density at radius 3 is 2.52 bits per heavy atom. The highest BCUT2D eigenvalue weighted by atomic mass is 79.9. The lowest BCUT2D eigenvalue weighted by Crippen LogP contribution is -2.19. The number of amides is 1. The van der Waals surface area contributed by atoms with Gasteiger partial charge < -0.3 is 5.11 Å². The van der Waals surface area contributed by atoms with Gasteiger partial charge in [-0.05, 0) is 49.4 Å². The highest BCUT2D eigenvalue weighted by molar-refractivity contribution is 9.10. The van der Waals surface area contributed by atoms with Crippen LogP contribution >= 0.6 is 27.5 Å². The first-order chi connectivity index (χ1) is 9.97. The first-order valence-electron chi connectivity index (χ1n) is 6.06. The molecule has 0 bridgehead atoms. The summed E-state index contributed by atoms with van der Waals surface area (Å²) in [6, 6.07) is 11.6. The fraction of sp³-hybridized carbons (Fsp3) is 0.0667. The Labute approximate surface area is 135 Å². The van der Waals surface area contributed by atoms with E-state index >= 15 is 0 Å². The summed E-state index contributed by atoms with van der Waals surface area (Å²) in [5.41, 5.74) is 3.93. The van der Waals surface area contributed by atoms with Crippen LogP contribution in [0.5, 0.6) is 5.75 Å². The number of phenols is 1. The average Bonchev–Trinajstić information content (AvgIpc) is 2.45. The highest BCUT2D eigenvalue weighted by Gasteiger charge is 2.07. The number of carbonyl (C=O) groups excluding carboxylic acids is 1. The second-order valence-corrected chi connectivity index (χ2v) is 5.66. The molecule has 2 aromatic carbocycles. The number of hydrazone groups is 1. The van der Waals surface area contributed by atoms with Crippen molar-refractivity contribution in [1.82, 2.24) is 5.43 Å². The quantitative estimate of drug-likeness (QED) is 0.637. The van der Waals surface area contributed by atoms with Crippen molar-refractivity contribution in [2.24, 2.45) is 5.10 Å². The third-order valence-corrected chi connectivity index (χ3v) is 3.54. The van der Waals surface area contributed by atoms with E-state index in [0.29, 0.717) is 21.9 Å². The molecule has 0 radical (unpaired) electrons. The van der Waals surface area contributed by atoms with E-state index in [9.17, 15) is 9.90 Å². The minimum Gasteiger partial charge on any atom is -0.507 e. The fourth-order valence-electron chi connectivity index (χ4n) is 1.67. The minimum absolute atomic E-state index is 0.0154. The summed E-state index contributed by atoms with van der Waals surface area (Å²) in [7, 11) is 0. The molecule has 108 valence electrons. The molecule has 6 heteroatoms. The van der Waals surface area contributed by atoms with Crippen LogP contribution in [-0.4, -0.2) is 16.7 Å². The van der Waals surface area contributed by atoms with Gasteiger partial charge in [-0.3, -0.25) is 4.79 Å². The van der Waals surface area contributed by atoms with Crippen LogP contribution < -0.4 is 5.43 Å². The lowest BCUT2D eigenvalue weighted by molar-refractivity contribution is 0.0955. The molecular formula is C15H12BrClN2O2. The zero-order valence-corrected chi connectivity index (χ0v) is 13.4. The first kappa shape index (κ1) is 15.5. The SMILES string of the molecule is CC(=NNC(=O)c1ccc(Br)cc1)c1ccc(Cl)cc1O. The van der Waals surface area contributed by atoms with Crippen LogP contribution in [0.4, 0.5) is 0 Å². The Balaban J connectivity index is 2.12. The van der Waals surface area contributed by atoms with Crippen molar-refractivity contribution >= 4 is 39.1 Å². The summed E-state index contributed by atoms with van der Waals surface area (Å²) in [4.78, 5) is 11.9. The summed E-state index contributed by atoms with van der Waals surface area (Å²) in [5, 5.41) is 14.2. The van der Waals surface area contributed by atoms with Crippen LogP contribution in [0.1, 0.15) is 22.8 Å². The van der Waals surface area contributed by atoms with Gasteiger partial charge in [0, 0.05) is 20.6 Å². The molecule has 0 fully saturated rings. The predicted molar refractivity (Wildman–Crippen MR) is 86.9 cm³/mol. The third kappa shape index (κ3) is 4.06. The molecule has 0 saturated heterocycles. The molecule has 0 heterocycles. The molecule has 0 unspecified atom stereocenters. The number of rotatable bonds is 3. The van der Waals surface area contributed by atoms with Gasteiger partial charge in [0.05, 0.1) is 5.71 Å². The molecule has 4 nitrogen and oxygen atoms in total. The number of carbonyl (C=O) groups is 1. The molecule has 0 aliphatic carbocycles. The van der Waals surface area contributed by atoms with Crippen LogP contribution in [0.3, 0.4) is 0 Å². The smallest absolute Gasteiger partial charge is 0.271 e. The van der Waals surface area contributed by atoms with E-state index in [1.54, 1.807) is 43.3 Å². The maximum absolute atomic E-state index is 11.9. The number of halogens is 2. The summed E-state index contributed by atoms with van der Waals surface area (Å²) in [6.45, 7) is 1.69. The summed E-state index contributed by atoms with van der Waals surface area (Å²) in [6.07, 6.45) is 0. The molecule has 0 atom stereocenters. The van der Waals surface area contributed by atoms with E-state index < -0.39 is 0 Å². The van der Waals surface area contributed by atoms with E-state index in [2.05, 4.69) is 26.5 Å². The predicted octanol–water partition coefficient (Wildman–Crippen LogP) is 3.96. The standard InChI is InChI=1S/C15H12BrClN2O2/c1-9(13-7-6-12(17)8-14(13)20)18-19-15(21)10-2-4-11(16)5-3-10/h2-8,20H,1H3,(H,19,21). The number of aromatic hydroxyl groups is 1. The Morgan fingerprint density at radius 2 is 1.90 bits per heavy atom. The molecule has 0 saturated carbocycles. The second kappa shape index (κ2) is 6.74. The van der Waals surface area contributed by atoms with Gasteiger partial charge in [0.1, 0.15) is 5.75 Å². The average molecular weight is 368 g/mol. The third-order valence-electron chi connectivity index (χ3n) is 2.78. The van der Waals surface area contributed by atoms with E-state index in [1.807, 2.05) is 0 Å². The Hall–Kier alpha value is -1.85. The topological polar surface area (TPSA) is 61.7 Å². The molecule has 1 amide bonds. The highest BCUT2D eigenvalue weighted by Crippen LogP contribution is 2.22. The van der Waals surface area contributed by atoms with Crippen LogP contribution in [0.25, 0.3) is 0 Å². The maximum Gasteiger partial charge on any atom is 0.271 e. The normalized spacial score (nSPS) is 11.3. The Bertz CT molecular complexity index is 699. The lowest BCUT2D eigenvalue weighted by atomic mass is 10.1. The van der Waals surface area contributed by atoms with Crippen LogP contribution in [0.2, 0.25) is 5.02 Å². The molecular weight excluding hydrogens is 356 g/mol. The van der Waals surface area contributed by atoms with E-state index in [1.165, 1.54) is 6.07 Å². The Morgan fingerprint density at radius 1 is 1.24 bits per heavy atom. The summed E-state index contributed by atoms with van der Waals surface area (Å²) < 4.78 is 0.893. The lowest BCUT2D eigenvalue weighted by Gasteiger charge is -2.05. The van der Waals surface area contributed by atoms with Gasteiger partial charge in [-0.2, -0.15) is 5.10 Å². The Kier molecular flexibility index (Phi) is 4.98. The molecule has 2 aromatic rings. The van der Waals surface area contributed by atoms with Crippen molar-refractivity contribution in [2.45, 2.75) is 6.92 Å². The summed E-state index contributed by atoms with van der Waals surface area (Å²) in [5.74, 6) is -0.308. The zero-order valence-electron chi connectivity index (χ0n) is 11.1. The molecule has 0 aliphatic heterocycles. The number of nitrogens with one attached hydrogen (secondary N) is 1. The van der Waals surface area contributed by atoms with Gasteiger partial charge >= 0.3 is 0 Å². The number of phenolic OH excluding ortho intramolecular Hbond substituents is 1. The van der Waals surface area contributed by atoms with Crippen molar-refractivity contribution in [3.05, 3.63) is 63.1 Å². The number of nitrogens with zero attached hydrogens (tertiary/aromatic N) is 1. The van der Waals surface area contributed by atoms with Crippen molar-refractivity contribution in [3.8, 4) is 5.75 Å². The summed E-state index contributed by atoms with van der Waals surface area (Å²) >= 11 is 9.07. The number of hydrogen-bond donors (Lipinski definition) is 2. The van der Waals surface area contributed by atoms with Crippen molar-refractivity contribution < 1.29 is 9.90 Å². The molecule has 21 heavy (non-hydrogen) atoms. The van der Waals surface area contributed by atoms with Crippen LogP contribution in [-0.2, 0) is 0 Å². The van der Waals surface area contributed by atoms with Gasteiger partial charge in [-0.15, -0.1) is 0 Å². The molecule has 0 spiro atoms. The van der Waals surface area contributed by atoms with Crippen molar-refractivity contribution in [3.63, 3.8) is 0 Å². The first-order valence-corrected chi connectivity index (χ1v) is 7.23. The number of hydrogen-bond acceptors (Lipinski definition) is 3. The van der Waals surface area contributed by atoms with Crippen molar-refractivity contribution in [2.75, 3.05) is 0 Å².